The van der Waals surface area contributed by atoms with E-state index < -0.39 is 15.9 Å². The van der Waals surface area contributed by atoms with Gasteiger partial charge in [0.25, 0.3) is 5.91 Å². The SMILES string of the molecule is COc1cccc2cc(-c3nn(-c4ccccc4)cc3/C=C3\SC(=S)N(C4CCS(=O)(=O)C4)C3=O)oc12. The van der Waals surface area contributed by atoms with Gasteiger partial charge in [0.15, 0.2) is 26.9 Å². The fourth-order valence-electron chi connectivity index (χ4n) is 4.63. The van der Waals surface area contributed by atoms with Crippen molar-refractivity contribution in [2.24, 2.45) is 0 Å². The van der Waals surface area contributed by atoms with Gasteiger partial charge in [0.1, 0.15) is 10.0 Å². The predicted octanol–water partition coefficient (Wildman–Crippen LogP) is 4.68. The maximum atomic E-state index is 13.4. The molecule has 37 heavy (non-hydrogen) atoms. The molecular formula is C26H21N3O5S3. The minimum atomic E-state index is -3.16. The zero-order valence-electron chi connectivity index (χ0n) is 19.7. The highest BCUT2D eigenvalue weighted by Gasteiger charge is 2.42. The highest BCUT2D eigenvalue weighted by atomic mass is 32.2. The van der Waals surface area contributed by atoms with E-state index in [-0.39, 0.29) is 17.4 Å². The second kappa shape index (κ2) is 9.16. The molecule has 6 rings (SSSR count). The number of carbonyl (C=O) groups excluding carboxylic acids is 1. The molecule has 2 aliphatic heterocycles. The van der Waals surface area contributed by atoms with Crippen LogP contribution in [0.2, 0.25) is 0 Å². The molecule has 188 valence electrons. The summed E-state index contributed by atoms with van der Waals surface area (Å²) >= 11 is 6.65. The van der Waals surface area contributed by atoms with E-state index in [9.17, 15) is 13.2 Å². The van der Waals surface area contributed by atoms with Crippen molar-refractivity contribution in [2.45, 2.75) is 12.5 Å². The van der Waals surface area contributed by atoms with Gasteiger partial charge in [-0.2, -0.15) is 5.10 Å². The van der Waals surface area contributed by atoms with Crippen molar-refractivity contribution in [3.63, 3.8) is 0 Å². The molecule has 11 heteroatoms. The molecule has 4 heterocycles. The van der Waals surface area contributed by atoms with E-state index in [2.05, 4.69) is 0 Å². The Kier molecular flexibility index (Phi) is 5.93. The summed E-state index contributed by atoms with van der Waals surface area (Å²) in [7, 11) is -1.58. The average Bonchev–Trinajstić information content (AvgIpc) is 3.64. The van der Waals surface area contributed by atoms with E-state index in [0.717, 1.165) is 11.1 Å². The summed E-state index contributed by atoms with van der Waals surface area (Å²) in [6.45, 7) is 0. The topological polar surface area (TPSA) is 94.6 Å². The Morgan fingerprint density at radius 1 is 1.19 bits per heavy atom. The third-order valence-electron chi connectivity index (χ3n) is 6.41. The van der Waals surface area contributed by atoms with Crippen LogP contribution in [0.3, 0.4) is 0 Å². The molecule has 0 aliphatic carbocycles. The molecular weight excluding hydrogens is 531 g/mol. The van der Waals surface area contributed by atoms with Crippen molar-refractivity contribution in [1.82, 2.24) is 14.7 Å². The molecule has 1 atom stereocenters. The van der Waals surface area contributed by atoms with Gasteiger partial charge in [0.05, 0.1) is 35.2 Å². The number of methoxy groups -OCH3 is 1. The van der Waals surface area contributed by atoms with Gasteiger partial charge in [-0.25, -0.2) is 13.1 Å². The second-order valence-electron chi connectivity index (χ2n) is 8.81. The third-order valence-corrected chi connectivity index (χ3v) is 9.49. The van der Waals surface area contributed by atoms with Crippen LogP contribution in [0.1, 0.15) is 12.0 Å². The summed E-state index contributed by atoms with van der Waals surface area (Å²) in [4.78, 5) is 15.2. The lowest BCUT2D eigenvalue weighted by atomic mass is 10.1. The van der Waals surface area contributed by atoms with Gasteiger partial charge in [0, 0.05) is 17.1 Å². The number of thioether (sulfide) groups is 1. The Balaban J connectivity index is 1.44. The molecule has 2 aliphatic rings. The summed E-state index contributed by atoms with van der Waals surface area (Å²) in [6, 6.07) is 16.7. The van der Waals surface area contributed by atoms with Gasteiger partial charge >= 0.3 is 0 Å². The molecule has 2 aromatic carbocycles. The van der Waals surface area contributed by atoms with E-state index >= 15 is 0 Å². The number of furan rings is 1. The first kappa shape index (κ1) is 24.0. The van der Waals surface area contributed by atoms with Crippen molar-refractivity contribution in [2.75, 3.05) is 18.6 Å². The molecule has 1 amide bonds. The maximum Gasteiger partial charge on any atom is 0.266 e. The molecule has 1 unspecified atom stereocenters. The zero-order valence-corrected chi connectivity index (χ0v) is 22.1. The minimum Gasteiger partial charge on any atom is -0.493 e. The Labute approximate surface area is 222 Å². The number of hydrogen-bond acceptors (Lipinski definition) is 8. The number of fused-ring (bicyclic) bond motifs is 1. The van der Waals surface area contributed by atoms with E-state index in [1.54, 1.807) is 17.9 Å². The maximum absolute atomic E-state index is 13.4. The van der Waals surface area contributed by atoms with Crippen LogP contribution in [0.5, 0.6) is 5.75 Å². The second-order valence-corrected chi connectivity index (χ2v) is 12.7. The van der Waals surface area contributed by atoms with Gasteiger partial charge in [0.2, 0.25) is 0 Å². The first-order valence-corrected chi connectivity index (χ1v) is 14.6. The van der Waals surface area contributed by atoms with Crippen LogP contribution in [0.15, 0.2) is 70.1 Å². The third kappa shape index (κ3) is 4.36. The monoisotopic (exact) mass is 551 g/mol. The largest absolute Gasteiger partial charge is 0.493 e. The molecule has 0 bridgehead atoms. The Morgan fingerprint density at radius 2 is 2.00 bits per heavy atom. The molecule has 2 saturated heterocycles. The fourth-order valence-corrected chi connectivity index (χ4v) is 7.72. The van der Waals surface area contributed by atoms with E-state index in [0.29, 0.717) is 44.0 Å². The number of thiocarbonyl (C=S) groups is 1. The number of aromatic nitrogens is 2. The van der Waals surface area contributed by atoms with Crippen molar-refractivity contribution in [3.8, 4) is 22.9 Å². The van der Waals surface area contributed by atoms with E-state index in [1.165, 1.54) is 16.7 Å². The first-order valence-electron chi connectivity index (χ1n) is 11.5. The van der Waals surface area contributed by atoms with Crippen LogP contribution in [-0.4, -0.2) is 58.0 Å². The number of nitrogens with zero attached hydrogens (tertiary/aromatic N) is 3. The van der Waals surface area contributed by atoms with Crippen molar-refractivity contribution in [3.05, 3.63) is 71.3 Å². The van der Waals surface area contributed by atoms with Crippen LogP contribution < -0.4 is 4.74 Å². The summed E-state index contributed by atoms with van der Waals surface area (Å²) in [5, 5.41) is 5.66. The van der Waals surface area contributed by atoms with Gasteiger partial charge in [-0.3, -0.25) is 9.69 Å². The van der Waals surface area contributed by atoms with Gasteiger partial charge in [-0.1, -0.05) is 54.3 Å². The number of amides is 1. The number of rotatable bonds is 5. The standard InChI is InChI=1S/C26H21N3O5S3/c1-33-20-9-5-6-16-12-21(34-24(16)20)23-17(14-28(27-23)18-7-3-2-4-8-18)13-22-25(30)29(26(35)36-22)19-10-11-37(31,32)15-19/h2-9,12-14,19H,10-11,15H2,1H3/b22-13-. The van der Waals surface area contributed by atoms with Crippen molar-refractivity contribution < 1.29 is 22.4 Å². The highest BCUT2D eigenvalue weighted by molar-refractivity contribution is 8.26. The van der Waals surface area contributed by atoms with Crippen LogP contribution >= 0.6 is 24.0 Å². The van der Waals surface area contributed by atoms with Crippen molar-refractivity contribution in [1.29, 1.82) is 0 Å². The summed E-state index contributed by atoms with van der Waals surface area (Å²) in [6.07, 6.45) is 3.97. The average molecular weight is 552 g/mol. The normalized spacial score (nSPS) is 20.4. The van der Waals surface area contributed by atoms with Gasteiger partial charge in [-0.15, -0.1) is 0 Å². The molecule has 0 spiro atoms. The van der Waals surface area contributed by atoms with Crippen LogP contribution in [0.4, 0.5) is 0 Å². The lowest BCUT2D eigenvalue weighted by molar-refractivity contribution is -0.123. The number of hydrogen-bond donors (Lipinski definition) is 0. The molecule has 0 saturated carbocycles. The molecule has 4 aromatic rings. The molecule has 2 fully saturated rings. The molecule has 8 nitrogen and oxygen atoms in total. The number of carbonyl (C=O) groups is 1. The van der Waals surface area contributed by atoms with Gasteiger partial charge < -0.3 is 9.15 Å². The first-order chi connectivity index (χ1) is 17.8. The summed E-state index contributed by atoms with van der Waals surface area (Å²) in [5.74, 6) is 0.849. The number of ether oxygens (including phenoxy) is 1. The number of benzene rings is 2. The van der Waals surface area contributed by atoms with E-state index in [4.69, 9.17) is 26.5 Å². The predicted molar refractivity (Wildman–Crippen MR) is 147 cm³/mol. The lowest BCUT2D eigenvalue weighted by Crippen LogP contribution is -2.39. The van der Waals surface area contributed by atoms with Crippen molar-refractivity contribution >= 4 is 61.1 Å². The smallest absolute Gasteiger partial charge is 0.266 e. The highest BCUT2D eigenvalue weighted by Crippen LogP contribution is 2.39. The Bertz CT molecular complexity index is 1690. The lowest BCUT2D eigenvalue weighted by Gasteiger charge is -2.20. The fraction of sp³-hybridized carbons (Fsp3) is 0.192. The minimum absolute atomic E-state index is 0.0648. The Hall–Kier alpha value is -3.41. The molecule has 0 N–H and O–H groups in total. The van der Waals surface area contributed by atoms with E-state index in [1.807, 2.05) is 60.8 Å². The molecule has 0 radical (unpaired) electrons. The number of sulfone groups is 1. The van der Waals surface area contributed by atoms with Crippen LogP contribution in [0, 0.1) is 0 Å². The zero-order chi connectivity index (χ0) is 25.7. The number of para-hydroxylation sites is 2. The van der Waals surface area contributed by atoms with Gasteiger partial charge in [-0.05, 0) is 36.8 Å². The quantitative estimate of drug-likeness (QED) is 0.261. The summed E-state index contributed by atoms with van der Waals surface area (Å²) < 4.78 is 37.7. The summed E-state index contributed by atoms with van der Waals surface area (Å²) in [5.41, 5.74) is 2.67. The van der Waals surface area contributed by atoms with Crippen LogP contribution in [-0.2, 0) is 14.6 Å². The Morgan fingerprint density at radius 3 is 2.73 bits per heavy atom. The molecule has 2 aromatic heterocycles. The van der Waals surface area contributed by atoms with Crippen LogP contribution in [0.25, 0.3) is 34.2 Å².